The maximum atomic E-state index is 13.7. The minimum absolute atomic E-state index is 0.0180. The number of hydrogen-bond donors (Lipinski definition) is 1. The molecule has 3 aromatic carbocycles. The average molecular weight is 469 g/mol. The number of benzene rings is 3. The van der Waals surface area contributed by atoms with Crippen molar-refractivity contribution < 1.29 is 14.3 Å². The molecule has 5 nitrogen and oxygen atoms in total. The van der Waals surface area contributed by atoms with Crippen molar-refractivity contribution in [2.24, 2.45) is 0 Å². The molecular formula is C30H32N2O3. The van der Waals surface area contributed by atoms with Gasteiger partial charge < -0.3 is 10.1 Å². The summed E-state index contributed by atoms with van der Waals surface area (Å²) in [5.74, 6) is -0.00204. The Morgan fingerprint density at radius 2 is 1.51 bits per heavy atom. The smallest absolute Gasteiger partial charge is 0.282 e. The Kier molecular flexibility index (Phi) is 6.53. The van der Waals surface area contributed by atoms with E-state index in [9.17, 15) is 9.59 Å². The predicted molar refractivity (Wildman–Crippen MR) is 142 cm³/mol. The quantitative estimate of drug-likeness (QED) is 0.426. The zero-order chi connectivity index (χ0) is 25.3. The first kappa shape index (κ1) is 24.3. The third-order valence-corrected chi connectivity index (χ3v) is 6.15. The number of ether oxygens (including phenoxy) is 1. The van der Waals surface area contributed by atoms with Gasteiger partial charge in [0.1, 0.15) is 11.4 Å². The van der Waals surface area contributed by atoms with Gasteiger partial charge in [0, 0.05) is 5.69 Å². The molecule has 1 aliphatic heterocycles. The number of aryl methyl sites for hydroxylation is 2. The van der Waals surface area contributed by atoms with Crippen LogP contribution < -0.4 is 15.0 Å². The van der Waals surface area contributed by atoms with Crippen LogP contribution in [0.15, 0.2) is 72.4 Å². The van der Waals surface area contributed by atoms with E-state index >= 15 is 0 Å². The summed E-state index contributed by atoms with van der Waals surface area (Å²) in [4.78, 5) is 28.7. The van der Waals surface area contributed by atoms with Gasteiger partial charge in [-0.2, -0.15) is 0 Å². The van der Waals surface area contributed by atoms with E-state index in [-0.39, 0.29) is 22.9 Å². The lowest BCUT2D eigenvalue weighted by Gasteiger charge is -2.20. The first-order chi connectivity index (χ1) is 16.6. The van der Waals surface area contributed by atoms with E-state index in [1.807, 2.05) is 87.5 Å². The number of hydrogen-bond acceptors (Lipinski definition) is 4. The number of rotatable bonds is 6. The highest BCUT2D eigenvalue weighted by molar-refractivity contribution is 6.46. The molecule has 1 aliphatic rings. The molecule has 0 aromatic heterocycles. The van der Waals surface area contributed by atoms with Crippen LogP contribution in [0.5, 0.6) is 5.75 Å². The lowest BCUT2D eigenvalue weighted by Crippen LogP contribution is -2.33. The Morgan fingerprint density at radius 3 is 2.09 bits per heavy atom. The second-order valence-corrected chi connectivity index (χ2v) is 9.90. The van der Waals surface area contributed by atoms with Gasteiger partial charge in [-0.1, -0.05) is 62.7 Å². The summed E-state index contributed by atoms with van der Waals surface area (Å²) in [5.41, 5.74) is 5.76. The van der Waals surface area contributed by atoms with Crippen molar-refractivity contribution in [2.45, 2.75) is 47.0 Å². The van der Waals surface area contributed by atoms with Gasteiger partial charge in [-0.25, -0.2) is 4.90 Å². The number of imide groups is 1. The molecule has 0 saturated carbocycles. The van der Waals surface area contributed by atoms with Gasteiger partial charge in [0.15, 0.2) is 0 Å². The van der Waals surface area contributed by atoms with Gasteiger partial charge in [-0.15, -0.1) is 0 Å². The fraction of sp³-hybridized carbons (Fsp3) is 0.267. The summed E-state index contributed by atoms with van der Waals surface area (Å²) in [6.45, 7) is 12.8. The lowest BCUT2D eigenvalue weighted by atomic mass is 9.87. The molecule has 5 heteroatoms. The number of amides is 2. The molecule has 1 N–H and O–H groups in total. The highest BCUT2D eigenvalue weighted by atomic mass is 16.5. The van der Waals surface area contributed by atoms with Crippen LogP contribution in [0.2, 0.25) is 0 Å². The third-order valence-electron chi connectivity index (χ3n) is 6.15. The second-order valence-electron chi connectivity index (χ2n) is 9.90. The molecule has 4 rings (SSSR count). The summed E-state index contributed by atoms with van der Waals surface area (Å²) in [6, 6.07) is 21.0. The van der Waals surface area contributed by atoms with E-state index in [1.54, 1.807) is 0 Å². The Labute approximate surface area is 207 Å². The van der Waals surface area contributed by atoms with Crippen molar-refractivity contribution in [1.29, 1.82) is 0 Å². The second kappa shape index (κ2) is 9.41. The Balaban J connectivity index is 1.78. The van der Waals surface area contributed by atoms with Crippen LogP contribution in [0.4, 0.5) is 11.4 Å². The van der Waals surface area contributed by atoms with Gasteiger partial charge >= 0.3 is 0 Å². The van der Waals surface area contributed by atoms with Crippen LogP contribution in [0.1, 0.15) is 49.9 Å². The van der Waals surface area contributed by atoms with Gasteiger partial charge in [-0.3, -0.25) is 9.59 Å². The number of anilines is 2. The van der Waals surface area contributed by atoms with Crippen molar-refractivity contribution in [3.8, 4) is 5.75 Å². The van der Waals surface area contributed by atoms with E-state index in [4.69, 9.17) is 4.74 Å². The standard InChI is InChI=1S/C30H32N2O3/c1-7-35-24-15-9-21(10-16-24)26-27(31-23-13-11-22(12-14-23)30(4,5)6)29(34)32(28(26)33)25-17-8-19(2)18-20(25)3/h8-18,31H,7H2,1-6H3. The van der Waals surface area contributed by atoms with Crippen LogP contribution in [0.3, 0.4) is 0 Å². The van der Waals surface area contributed by atoms with Crippen molar-refractivity contribution in [1.82, 2.24) is 0 Å². The normalized spacial score (nSPS) is 14.1. The van der Waals surface area contributed by atoms with E-state index in [0.29, 0.717) is 29.2 Å². The molecule has 180 valence electrons. The summed E-state index contributed by atoms with van der Waals surface area (Å²) >= 11 is 0. The minimum atomic E-state index is -0.370. The third kappa shape index (κ3) is 4.85. The van der Waals surface area contributed by atoms with Gasteiger partial charge in [0.05, 0.1) is 17.9 Å². The van der Waals surface area contributed by atoms with Crippen LogP contribution in [0, 0.1) is 13.8 Å². The monoisotopic (exact) mass is 468 g/mol. The number of nitrogens with one attached hydrogen (secondary N) is 1. The van der Waals surface area contributed by atoms with E-state index in [0.717, 1.165) is 16.8 Å². The molecule has 1 heterocycles. The van der Waals surface area contributed by atoms with Crippen LogP contribution in [-0.4, -0.2) is 18.4 Å². The molecule has 0 unspecified atom stereocenters. The molecular weight excluding hydrogens is 436 g/mol. The Bertz CT molecular complexity index is 1300. The van der Waals surface area contributed by atoms with Gasteiger partial charge in [0.25, 0.3) is 11.8 Å². The van der Waals surface area contributed by atoms with Crippen molar-refractivity contribution in [3.63, 3.8) is 0 Å². The fourth-order valence-corrected chi connectivity index (χ4v) is 4.27. The molecule has 2 amide bonds. The van der Waals surface area contributed by atoms with Crippen molar-refractivity contribution in [2.75, 3.05) is 16.8 Å². The Morgan fingerprint density at radius 1 is 0.857 bits per heavy atom. The molecule has 0 atom stereocenters. The SMILES string of the molecule is CCOc1ccc(C2=C(Nc3ccc(C(C)(C)C)cc3)C(=O)N(c3ccc(C)cc3C)C2=O)cc1. The fourth-order valence-electron chi connectivity index (χ4n) is 4.27. The van der Waals surface area contributed by atoms with E-state index in [1.165, 1.54) is 10.5 Å². The minimum Gasteiger partial charge on any atom is -0.494 e. The molecule has 0 bridgehead atoms. The molecule has 0 fully saturated rings. The van der Waals surface area contributed by atoms with E-state index in [2.05, 4.69) is 26.1 Å². The number of carbonyl (C=O) groups excluding carboxylic acids is 2. The Hall–Kier alpha value is -3.86. The summed E-state index contributed by atoms with van der Waals surface area (Å²) < 4.78 is 5.56. The zero-order valence-electron chi connectivity index (χ0n) is 21.2. The maximum absolute atomic E-state index is 13.7. The first-order valence-electron chi connectivity index (χ1n) is 11.9. The van der Waals surface area contributed by atoms with Crippen molar-refractivity contribution in [3.05, 3.63) is 94.7 Å². The highest BCUT2D eigenvalue weighted by Crippen LogP contribution is 2.36. The number of carbonyl (C=O) groups is 2. The van der Waals surface area contributed by atoms with Crippen LogP contribution in [0.25, 0.3) is 5.57 Å². The molecule has 3 aromatic rings. The largest absolute Gasteiger partial charge is 0.494 e. The maximum Gasteiger partial charge on any atom is 0.282 e. The van der Waals surface area contributed by atoms with Gasteiger partial charge in [-0.05, 0) is 73.2 Å². The molecule has 0 aliphatic carbocycles. The molecule has 0 radical (unpaired) electrons. The highest BCUT2D eigenvalue weighted by Gasteiger charge is 2.40. The van der Waals surface area contributed by atoms with Crippen molar-refractivity contribution >= 4 is 28.8 Å². The summed E-state index contributed by atoms with van der Waals surface area (Å²) in [7, 11) is 0. The summed E-state index contributed by atoms with van der Waals surface area (Å²) in [6.07, 6.45) is 0. The topological polar surface area (TPSA) is 58.6 Å². The zero-order valence-corrected chi connectivity index (χ0v) is 21.2. The summed E-state index contributed by atoms with van der Waals surface area (Å²) in [5, 5.41) is 3.25. The first-order valence-corrected chi connectivity index (χ1v) is 11.9. The van der Waals surface area contributed by atoms with Crippen LogP contribution >= 0.6 is 0 Å². The molecule has 35 heavy (non-hydrogen) atoms. The molecule has 0 saturated heterocycles. The number of nitrogens with zero attached hydrogens (tertiary/aromatic N) is 1. The van der Waals surface area contributed by atoms with Crippen LogP contribution in [-0.2, 0) is 15.0 Å². The molecule has 0 spiro atoms. The average Bonchev–Trinajstić information content (AvgIpc) is 3.04. The predicted octanol–water partition coefficient (Wildman–Crippen LogP) is 6.40. The van der Waals surface area contributed by atoms with Gasteiger partial charge in [0.2, 0.25) is 0 Å². The lowest BCUT2D eigenvalue weighted by molar-refractivity contribution is -0.120. The van der Waals surface area contributed by atoms with E-state index < -0.39 is 0 Å².